The first-order valence-corrected chi connectivity index (χ1v) is 5.80. The van der Waals surface area contributed by atoms with Crippen LogP contribution in [0.1, 0.15) is 12.5 Å². The first-order valence-electron chi connectivity index (χ1n) is 5.01. The number of carboxylic acids is 1. The van der Waals surface area contributed by atoms with Crippen molar-refractivity contribution in [3.05, 3.63) is 34.3 Å². The van der Waals surface area contributed by atoms with Crippen LogP contribution in [-0.4, -0.2) is 22.9 Å². The van der Waals surface area contributed by atoms with Gasteiger partial charge in [0.2, 0.25) is 5.91 Å². The summed E-state index contributed by atoms with van der Waals surface area (Å²) in [4.78, 5) is 35.2. The van der Waals surface area contributed by atoms with Gasteiger partial charge in [0.25, 0.3) is 5.91 Å². The predicted molar refractivity (Wildman–Crippen MR) is 67.9 cm³/mol. The van der Waals surface area contributed by atoms with E-state index in [1.165, 1.54) is 6.92 Å². The number of carboxylic acid groups (broad SMARTS) is 1. The first-order chi connectivity index (χ1) is 8.41. The molecule has 92 valence electrons. The number of amides is 2. The van der Waals surface area contributed by atoms with E-state index in [9.17, 15) is 14.4 Å². The number of carbonyl (C=O) groups is 3. The molecule has 5 nitrogen and oxygen atoms in total. The molecule has 0 bridgehead atoms. The quantitative estimate of drug-likeness (QED) is 0.803. The van der Waals surface area contributed by atoms with E-state index in [2.05, 4.69) is 15.9 Å². The largest absolute Gasteiger partial charge is 0.478 e. The number of benzene rings is 1. The van der Waals surface area contributed by atoms with E-state index < -0.39 is 17.8 Å². The first kappa shape index (κ1) is 12.5. The van der Waals surface area contributed by atoms with E-state index in [4.69, 9.17) is 5.11 Å². The Morgan fingerprint density at radius 3 is 2.61 bits per heavy atom. The topological polar surface area (TPSA) is 74.7 Å². The lowest BCUT2D eigenvalue weighted by atomic mass is 10.1. The van der Waals surface area contributed by atoms with Crippen LogP contribution in [0.3, 0.4) is 0 Å². The Labute approximate surface area is 111 Å². The predicted octanol–water partition coefficient (Wildman–Crippen LogP) is 1.81. The highest BCUT2D eigenvalue weighted by atomic mass is 79.9. The lowest BCUT2D eigenvalue weighted by Crippen LogP contribution is -2.31. The maximum atomic E-state index is 12.0. The molecule has 0 saturated heterocycles. The molecule has 2 rings (SSSR count). The number of aliphatic carboxylic acids is 1. The molecular weight excluding hydrogens is 302 g/mol. The second kappa shape index (κ2) is 4.38. The maximum Gasteiger partial charge on any atom is 0.329 e. The molecule has 1 aromatic rings. The molecule has 1 aliphatic heterocycles. The summed E-state index contributed by atoms with van der Waals surface area (Å²) in [6.07, 6.45) is 0.816. The summed E-state index contributed by atoms with van der Waals surface area (Å²) in [5, 5.41) is 8.77. The Kier molecular flexibility index (Phi) is 3.04. The van der Waals surface area contributed by atoms with Crippen LogP contribution in [0.5, 0.6) is 0 Å². The van der Waals surface area contributed by atoms with Gasteiger partial charge in [-0.2, -0.15) is 0 Å². The van der Waals surface area contributed by atoms with Gasteiger partial charge in [-0.25, -0.2) is 9.69 Å². The van der Waals surface area contributed by atoms with Crippen molar-refractivity contribution in [1.29, 1.82) is 0 Å². The lowest BCUT2D eigenvalue weighted by Gasteiger charge is -2.11. The van der Waals surface area contributed by atoms with Crippen molar-refractivity contribution in [3.8, 4) is 0 Å². The molecule has 0 saturated carbocycles. The molecule has 1 heterocycles. The normalized spacial score (nSPS) is 16.0. The minimum Gasteiger partial charge on any atom is -0.478 e. The monoisotopic (exact) mass is 309 g/mol. The summed E-state index contributed by atoms with van der Waals surface area (Å²) in [6, 6.07) is 4.90. The van der Waals surface area contributed by atoms with Crippen LogP contribution in [0.2, 0.25) is 0 Å². The van der Waals surface area contributed by atoms with Crippen molar-refractivity contribution in [2.24, 2.45) is 0 Å². The summed E-state index contributed by atoms with van der Waals surface area (Å²) in [6.45, 7) is 1.26. The minimum absolute atomic E-state index is 0.00833. The number of halogens is 1. The second-order valence-corrected chi connectivity index (χ2v) is 4.63. The molecule has 1 aliphatic rings. The zero-order valence-corrected chi connectivity index (χ0v) is 10.9. The Balaban J connectivity index is 2.69. The van der Waals surface area contributed by atoms with Crippen molar-refractivity contribution >= 4 is 45.0 Å². The highest BCUT2D eigenvalue weighted by molar-refractivity contribution is 9.10. The van der Waals surface area contributed by atoms with Gasteiger partial charge in [0.05, 0.1) is 11.3 Å². The van der Waals surface area contributed by atoms with Crippen molar-refractivity contribution in [1.82, 2.24) is 0 Å². The Bertz CT molecular complexity index is 606. The fraction of sp³-hybridized carbons (Fsp3) is 0.0833. The number of carbonyl (C=O) groups excluding carboxylic acids is 2. The summed E-state index contributed by atoms with van der Waals surface area (Å²) in [5.41, 5.74) is 0.851. The van der Waals surface area contributed by atoms with Crippen LogP contribution in [-0.2, 0) is 14.4 Å². The third-order valence-electron chi connectivity index (χ3n) is 2.51. The highest BCUT2D eigenvalue weighted by Gasteiger charge is 2.35. The third kappa shape index (κ3) is 1.95. The molecular formula is C12H8BrNO4. The minimum atomic E-state index is -1.23. The molecule has 6 heteroatoms. The average Bonchev–Trinajstić information content (AvgIpc) is 2.52. The van der Waals surface area contributed by atoms with Crippen molar-refractivity contribution in [2.45, 2.75) is 6.92 Å². The van der Waals surface area contributed by atoms with Crippen molar-refractivity contribution in [2.75, 3.05) is 4.90 Å². The van der Waals surface area contributed by atoms with E-state index in [1.807, 2.05) is 0 Å². The van der Waals surface area contributed by atoms with Crippen LogP contribution < -0.4 is 4.90 Å². The van der Waals surface area contributed by atoms with Crippen molar-refractivity contribution in [3.63, 3.8) is 0 Å². The van der Waals surface area contributed by atoms with Gasteiger partial charge in [0.15, 0.2) is 0 Å². The molecule has 1 N–H and O–H groups in total. The van der Waals surface area contributed by atoms with Crippen LogP contribution in [0.15, 0.2) is 28.7 Å². The molecule has 2 amide bonds. The summed E-state index contributed by atoms with van der Waals surface area (Å²) < 4.78 is 0.704. The van der Waals surface area contributed by atoms with Crippen LogP contribution in [0.4, 0.5) is 5.69 Å². The van der Waals surface area contributed by atoms with Crippen molar-refractivity contribution < 1.29 is 19.5 Å². The van der Waals surface area contributed by atoms with Crippen LogP contribution >= 0.6 is 15.9 Å². The molecule has 0 atom stereocenters. The SMILES string of the molecule is CC(=O)N1C(=O)/C(=C\C(=O)O)c2cc(Br)ccc21. The third-order valence-corrected chi connectivity index (χ3v) is 3.00. The van der Waals surface area contributed by atoms with E-state index in [0.29, 0.717) is 15.7 Å². The molecule has 0 aliphatic carbocycles. The number of anilines is 1. The summed E-state index contributed by atoms with van der Waals surface area (Å²) in [5.74, 6) is -2.29. The van der Waals surface area contributed by atoms with Gasteiger partial charge >= 0.3 is 5.97 Å². The Hall–Kier alpha value is -1.95. The van der Waals surface area contributed by atoms with E-state index >= 15 is 0 Å². The average molecular weight is 310 g/mol. The van der Waals surface area contributed by atoms with Gasteiger partial charge in [-0.1, -0.05) is 15.9 Å². The molecule has 1 aromatic carbocycles. The number of rotatable bonds is 1. The fourth-order valence-electron chi connectivity index (χ4n) is 1.84. The summed E-state index contributed by atoms with van der Waals surface area (Å²) in [7, 11) is 0. The number of fused-ring (bicyclic) bond motifs is 1. The van der Waals surface area contributed by atoms with Crippen LogP contribution in [0, 0.1) is 0 Å². The molecule has 0 spiro atoms. The zero-order valence-electron chi connectivity index (χ0n) is 9.31. The maximum absolute atomic E-state index is 12.0. The molecule has 0 unspecified atom stereocenters. The van der Waals surface area contributed by atoms with E-state index in [1.54, 1.807) is 18.2 Å². The molecule has 18 heavy (non-hydrogen) atoms. The number of imide groups is 1. The van der Waals surface area contributed by atoms with Gasteiger partial charge in [0, 0.05) is 23.0 Å². The lowest BCUT2D eigenvalue weighted by molar-refractivity contribution is -0.131. The number of hydrogen-bond acceptors (Lipinski definition) is 3. The smallest absolute Gasteiger partial charge is 0.329 e. The van der Waals surface area contributed by atoms with Gasteiger partial charge in [-0.05, 0) is 18.2 Å². The van der Waals surface area contributed by atoms with E-state index in [-0.39, 0.29) is 5.57 Å². The highest BCUT2D eigenvalue weighted by Crippen LogP contribution is 2.38. The van der Waals surface area contributed by atoms with Gasteiger partial charge in [-0.3, -0.25) is 9.59 Å². The Morgan fingerprint density at radius 2 is 2.06 bits per heavy atom. The standard InChI is InChI=1S/C12H8BrNO4/c1-6(15)14-10-3-2-7(13)4-8(10)9(12(14)18)5-11(16)17/h2-5H,1H3,(H,16,17)/b9-5-. The van der Waals surface area contributed by atoms with Gasteiger partial charge < -0.3 is 5.11 Å². The molecule has 0 radical (unpaired) electrons. The van der Waals surface area contributed by atoms with Crippen LogP contribution in [0.25, 0.3) is 5.57 Å². The number of hydrogen-bond donors (Lipinski definition) is 1. The number of nitrogens with zero attached hydrogens (tertiary/aromatic N) is 1. The second-order valence-electron chi connectivity index (χ2n) is 3.72. The fourth-order valence-corrected chi connectivity index (χ4v) is 2.20. The van der Waals surface area contributed by atoms with E-state index in [0.717, 1.165) is 11.0 Å². The Morgan fingerprint density at radius 1 is 1.39 bits per heavy atom. The molecule has 0 fully saturated rings. The van der Waals surface area contributed by atoms with Gasteiger partial charge in [-0.15, -0.1) is 0 Å². The zero-order chi connectivity index (χ0) is 13.4. The summed E-state index contributed by atoms with van der Waals surface area (Å²) >= 11 is 3.25. The van der Waals surface area contributed by atoms with Gasteiger partial charge in [0.1, 0.15) is 0 Å². The molecule has 0 aromatic heterocycles.